The molecule has 3 saturated heterocycles. The normalized spacial score (nSPS) is 30.4. The van der Waals surface area contributed by atoms with Crippen LogP contribution in [0, 0.1) is 5.41 Å². The van der Waals surface area contributed by atoms with Crippen LogP contribution < -0.4 is 5.32 Å². The van der Waals surface area contributed by atoms with Crippen molar-refractivity contribution in [1.82, 2.24) is 10.2 Å². The van der Waals surface area contributed by atoms with E-state index in [1.807, 2.05) is 4.90 Å². The number of carbonyl (C=O) groups excluding carboxylic acids is 2. The molecule has 19 heavy (non-hydrogen) atoms. The first-order valence-corrected chi connectivity index (χ1v) is 7.36. The van der Waals surface area contributed by atoms with Crippen LogP contribution in [0.2, 0.25) is 0 Å². The van der Waals surface area contributed by atoms with Crippen molar-refractivity contribution in [1.29, 1.82) is 0 Å². The molecular weight excluding hydrogens is 244 g/mol. The number of hydrogen-bond acceptors (Lipinski definition) is 3. The third-order valence-electron chi connectivity index (χ3n) is 4.79. The van der Waals surface area contributed by atoms with Crippen LogP contribution in [0.1, 0.15) is 38.5 Å². The van der Waals surface area contributed by atoms with Crippen molar-refractivity contribution in [3.05, 3.63) is 0 Å². The number of likely N-dealkylation sites (tertiary alicyclic amines) is 1. The Labute approximate surface area is 113 Å². The highest BCUT2D eigenvalue weighted by Crippen LogP contribution is 2.37. The Balaban J connectivity index is 1.54. The van der Waals surface area contributed by atoms with Crippen LogP contribution >= 0.6 is 0 Å². The number of piperidine rings is 1. The predicted octanol–water partition coefficient (Wildman–Crippen LogP) is 0.684. The first-order chi connectivity index (χ1) is 9.19. The SMILES string of the molecule is O=C1CC2(CCN(C(=O)C3CCCCO3)CC2)CN1. The molecule has 0 radical (unpaired) electrons. The van der Waals surface area contributed by atoms with E-state index >= 15 is 0 Å². The molecule has 1 unspecified atom stereocenters. The van der Waals surface area contributed by atoms with Crippen molar-refractivity contribution in [2.24, 2.45) is 5.41 Å². The molecule has 0 aromatic heterocycles. The quantitative estimate of drug-likeness (QED) is 0.759. The Morgan fingerprint density at radius 1 is 1.32 bits per heavy atom. The summed E-state index contributed by atoms with van der Waals surface area (Å²) in [5.74, 6) is 0.322. The van der Waals surface area contributed by atoms with Crippen LogP contribution in [-0.2, 0) is 14.3 Å². The Kier molecular flexibility index (Phi) is 3.48. The molecule has 1 atom stereocenters. The molecule has 0 aliphatic carbocycles. The van der Waals surface area contributed by atoms with Gasteiger partial charge in [0.25, 0.3) is 5.91 Å². The first kappa shape index (κ1) is 12.9. The Morgan fingerprint density at radius 2 is 2.11 bits per heavy atom. The van der Waals surface area contributed by atoms with Crippen molar-refractivity contribution in [3.63, 3.8) is 0 Å². The molecule has 0 aromatic carbocycles. The largest absolute Gasteiger partial charge is 0.368 e. The summed E-state index contributed by atoms with van der Waals surface area (Å²) in [5, 5.41) is 2.92. The highest BCUT2D eigenvalue weighted by Gasteiger charge is 2.42. The molecule has 1 N–H and O–H groups in total. The molecule has 0 saturated carbocycles. The second-order valence-corrected chi connectivity index (χ2v) is 6.13. The number of nitrogens with one attached hydrogen (secondary N) is 1. The van der Waals surface area contributed by atoms with Gasteiger partial charge in [-0.05, 0) is 37.5 Å². The van der Waals surface area contributed by atoms with Crippen LogP contribution in [0.15, 0.2) is 0 Å². The summed E-state index contributed by atoms with van der Waals surface area (Å²) in [6.07, 6.45) is 5.31. The smallest absolute Gasteiger partial charge is 0.251 e. The lowest BCUT2D eigenvalue weighted by Crippen LogP contribution is -2.48. The lowest BCUT2D eigenvalue weighted by molar-refractivity contribution is -0.148. The summed E-state index contributed by atoms with van der Waals surface area (Å²) in [6.45, 7) is 3.04. The summed E-state index contributed by atoms with van der Waals surface area (Å²) in [5.41, 5.74) is 0.112. The van der Waals surface area contributed by atoms with Crippen molar-refractivity contribution in [3.8, 4) is 0 Å². The Hall–Kier alpha value is -1.10. The standard InChI is InChI=1S/C14H22N2O3/c17-12-9-14(10-15-12)4-6-16(7-5-14)13(18)11-3-1-2-8-19-11/h11H,1-10H2,(H,15,17). The van der Waals surface area contributed by atoms with Crippen LogP contribution in [-0.4, -0.2) is 49.1 Å². The van der Waals surface area contributed by atoms with Crippen molar-refractivity contribution < 1.29 is 14.3 Å². The molecule has 3 heterocycles. The van der Waals surface area contributed by atoms with Gasteiger partial charge in [-0.1, -0.05) is 0 Å². The number of ether oxygens (including phenoxy) is 1. The second-order valence-electron chi connectivity index (χ2n) is 6.13. The molecule has 0 bridgehead atoms. The van der Waals surface area contributed by atoms with E-state index in [-0.39, 0.29) is 23.3 Å². The molecule has 3 aliphatic rings. The van der Waals surface area contributed by atoms with E-state index in [0.29, 0.717) is 13.0 Å². The molecule has 5 nitrogen and oxygen atoms in total. The minimum absolute atomic E-state index is 0.112. The molecule has 106 valence electrons. The van der Waals surface area contributed by atoms with Gasteiger partial charge in [-0.25, -0.2) is 0 Å². The van der Waals surface area contributed by atoms with Gasteiger partial charge in [0.15, 0.2) is 0 Å². The fraction of sp³-hybridized carbons (Fsp3) is 0.857. The average molecular weight is 266 g/mol. The third-order valence-corrected chi connectivity index (χ3v) is 4.79. The van der Waals surface area contributed by atoms with Crippen LogP contribution in [0.4, 0.5) is 0 Å². The maximum absolute atomic E-state index is 12.3. The summed E-state index contributed by atoms with van der Waals surface area (Å²) in [6, 6.07) is 0. The molecule has 3 rings (SSSR count). The predicted molar refractivity (Wildman–Crippen MR) is 69.5 cm³/mol. The van der Waals surface area contributed by atoms with Crippen molar-refractivity contribution >= 4 is 11.8 Å². The minimum atomic E-state index is -0.217. The first-order valence-electron chi connectivity index (χ1n) is 7.36. The Bertz CT molecular complexity index is 369. The average Bonchev–Trinajstić information content (AvgIpc) is 2.81. The van der Waals surface area contributed by atoms with Gasteiger partial charge in [0.2, 0.25) is 5.91 Å². The van der Waals surface area contributed by atoms with Gasteiger partial charge < -0.3 is 15.0 Å². The van der Waals surface area contributed by atoms with Crippen molar-refractivity contribution in [2.45, 2.75) is 44.6 Å². The van der Waals surface area contributed by atoms with Gasteiger partial charge >= 0.3 is 0 Å². The molecule has 2 amide bonds. The van der Waals surface area contributed by atoms with Gasteiger partial charge in [0, 0.05) is 32.7 Å². The minimum Gasteiger partial charge on any atom is -0.368 e. The fourth-order valence-electron chi connectivity index (χ4n) is 3.45. The van der Waals surface area contributed by atoms with Gasteiger partial charge in [-0.2, -0.15) is 0 Å². The summed E-state index contributed by atoms with van der Waals surface area (Å²) < 4.78 is 5.57. The molecule has 3 fully saturated rings. The zero-order chi connectivity index (χ0) is 13.3. The summed E-state index contributed by atoms with van der Waals surface area (Å²) in [7, 11) is 0. The van der Waals surface area contributed by atoms with E-state index in [9.17, 15) is 9.59 Å². The van der Waals surface area contributed by atoms with E-state index in [1.54, 1.807) is 0 Å². The van der Waals surface area contributed by atoms with Crippen LogP contribution in [0.5, 0.6) is 0 Å². The Morgan fingerprint density at radius 3 is 2.68 bits per heavy atom. The molecule has 1 spiro atoms. The summed E-state index contributed by atoms with van der Waals surface area (Å²) >= 11 is 0. The topological polar surface area (TPSA) is 58.6 Å². The highest BCUT2D eigenvalue weighted by atomic mass is 16.5. The molecule has 5 heteroatoms. The number of hydrogen-bond donors (Lipinski definition) is 1. The highest BCUT2D eigenvalue weighted by molar-refractivity contribution is 5.81. The lowest BCUT2D eigenvalue weighted by atomic mass is 9.77. The number of amides is 2. The zero-order valence-electron chi connectivity index (χ0n) is 11.3. The van der Waals surface area contributed by atoms with E-state index in [0.717, 1.165) is 51.7 Å². The van der Waals surface area contributed by atoms with E-state index in [4.69, 9.17) is 4.74 Å². The molecule has 0 aromatic rings. The van der Waals surface area contributed by atoms with Gasteiger partial charge in [-0.15, -0.1) is 0 Å². The summed E-state index contributed by atoms with van der Waals surface area (Å²) in [4.78, 5) is 25.6. The van der Waals surface area contributed by atoms with Gasteiger partial charge in [0.05, 0.1) is 0 Å². The van der Waals surface area contributed by atoms with Crippen molar-refractivity contribution in [2.75, 3.05) is 26.2 Å². The van der Waals surface area contributed by atoms with E-state index in [1.165, 1.54) is 0 Å². The van der Waals surface area contributed by atoms with Crippen LogP contribution in [0.25, 0.3) is 0 Å². The monoisotopic (exact) mass is 266 g/mol. The second kappa shape index (κ2) is 5.12. The number of rotatable bonds is 1. The lowest BCUT2D eigenvalue weighted by Gasteiger charge is -2.39. The fourth-order valence-corrected chi connectivity index (χ4v) is 3.45. The number of nitrogens with zero attached hydrogens (tertiary/aromatic N) is 1. The van der Waals surface area contributed by atoms with E-state index in [2.05, 4.69) is 5.32 Å². The number of carbonyl (C=O) groups is 2. The molecular formula is C14H22N2O3. The third kappa shape index (κ3) is 2.61. The van der Waals surface area contributed by atoms with Gasteiger partial charge in [0.1, 0.15) is 6.10 Å². The van der Waals surface area contributed by atoms with Crippen LogP contribution in [0.3, 0.4) is 0 Å². The maximum Gasteiger partial charge on any atom is 0.251 e. The zero-order valence-corrected chi connectivity index (χ0v) is 11.3. The van der Waals surface area contributed by atoms with Gasteiger partial charge in [-0.3, -0.25) is 9.59 Å². The maximum atomic E-state index is 12.3. The van der Waals surface area contributed by atoms with E-state index < -0.39 is 0 Å². The molecule has 3 aliphatic heterocycles.